The molecule has 0 unspecified atom stereocenters. The number of halogens is 2. The van der Waals surface area contributed by atoms with Gasteiger partial charge in [0.25, 0.3) is 0 Å². The fourth-order valence-electron chi connectivity index (χ4n) is 0. The summed E-state index contributed by atoms with van der Waals surface area (Å²) in [5.74, 6) is -2.16. The zero-order valence-corrected chi connectivity index (χ0v) is 5.61. The first kappa shape index (κ1) is 10.2. The number of rotatable bonds is 1. The molecular formula is C2HF2NaO2. The zero-order chi connectivity index (χ0) is 5.15. The number of hydrogen-bond donors (Lipinski definition) is 1. The van der Waals surface area contributed by atoms with Crippen molar-refractivity contribution in [1.82, 2.24) is 0 Å². The van der Waals surface area contributed by atoms with Crippen LogP contribution in [-0.2, 0) is 4.79 Å². The number of carboxylic acid groups (broad SMARTS) is 1. The van der Waals surface area contributed by atoms with E-state index in [2.05, 4.69) is 0 Å². The van der Waals surface area contributed by atoms with Gasteiger partial charge in [-0.1, -0.05) is 0 Å². The molecule has 1 N–H and O–H groups in total. The van der Waals surface area contributed by atoms with Crippen LogP contribution in [0.15, 0.2) is 0 Å². The van der Waals surface area contributed by atoms with Crippen LogP contribution in [0.4, 0.5) is 8.78 Å². The average molecular weight is 118 g/mol. The van der Waals surface area contributed by atoms with Crippen molar-refractivity contribution in [3.63, 3.8) is 0 Å². The SMILES string of the molecule is O=C(O)[C-](F)F.[Na+]. The minimum Gasteiger partial charge on any atom is -0.500 e. The fraction of sp³-hybridized carbons (Fsp3) is 0. The van der Waals surface area contributed by atoms with Gasteiger partial charge in [0.05, 0.1) is 0 Å². The number of aliphatic carboxylic acids is 1. The maximum atomic E-state index is 10.5. The summed E-state index contributed by atoms with van der Waals surface area (Å²) in [5, 5.41) is 7.20. The van der Waals surface area contributed by atoms with Gasteiger partial charge in [-0.15, -0.1) is 0 Å². The standard InChI is InChI=1S/C2HF2O2.Na/c3-1(4)2(5)6;/h(H,5,6);/q-1;+1. The normalized spacial score (nSPS) is 6.57. The van der Waals surface area contributed by atoms with E-state index < -0.39 is 12.4 Å². The van der Waals surface area contributed by atoms with E-state index in [0.29, 0.717) is 0 Å². The van der Waals surface area contributed by atoms with E-state index >= 15 is 0 Å². The molecule has 0 saturated carbocycles. The van der Waals surface area contributed by atoms with Crippen LogP contribution in [0.5, 0.6) is 0 Å². The van der Waals surface area contributed by atoms with E-state index in [9.17, 15) is 8.78 Å². The third-order valence-electron chi connectivity index (χ3n) is 0.162. The van der Waals surface area contributed by atoms with Crippen molar-refractivity contribution in [2.75, 3.05) is 0 Å². The van der Waals surface area contributed by atoms with Crippen LogP contribution in [0, 0.1) is 6.43 Å². The van der Waals surface area contributed by atoms with Gasteiger partial charge in [0.1, 0.15) is 0 Å². The predicted octanol–water partition coefficient (Wildman–Crippen LogP) is -2.50. The monoisotopic (exact) mass is 118 g/mol. The molecule has 0 aliphatic carbocycles. The predicted molar refractivity (Wildman–Crippen MR) is 13.1 cm³/mol. The Balaban J connectivity index is 0. The van der Waals surface area contributed by atoms with E-state index in [4.69, 9.17) is 9.90 Å². The molecule has 0 atom stereocenters. The van der Waals surface area contributed by atoms with E-state index in [1.54, 1.807) is 0 Å². The summed E-state index contributed by atoms with van der Waals surface area (Å²) in [7, 11) is 0. The van der Waals surface area contributed by atoms with Gasteiger partial charge in [-0.3, -0.25) is 4.79 Å². The first-order valence-electron chi connectivity index (χ1n) is 1.06. The molecule has 2 nitrogen and oxygen atoms in total. The van der Waals surface area contributed by atoms with Crippen molar-refractivity contribution in [2.24, 2.45) is 0 Å². The van der Waals surface area contributed by atoms with Crippen LogP contribution < -0.4 is 29.6 Å². The first-order valence-corrected chi connectivity index (χ1v) is 1.06. The molecule has 5 heteroatoms. The van der Waals surface area contributed by atoms with E-state index in [0.717, 1.165) is 0 Å². The van der Waals surface area contributed by atoms with Crippen LogP contribution in [0.2, 0.25) is 0 Å². The van der Waals surface area contributed by atoms with Crippen LogP contribution in [-0.4, -0.2) is 11.1 Å². The summed E-state index contributed by atoms with van der Waals surface area (Å²) in [5.41, 5.74) is 0. The Morgan fingerprint density at radius 3 is 1.71 bits per heavy atom. The first-order chi connectivity index (χ1) is 2.64. The Labute approximate surface area is 60.8 Å². The molecule has 0 bridgehead atoms. The number of hydrogen-bond acceptors (Lipinski definition) is 1. The van der Waals surface area contributed by atoms with E-state index in [1.165, 1.54) is 0 Å². The number of carbonyl (C=O) groups is 1. The molecule has 0 aliphatic heterocycles. The molecule has 0 aliphatic rings. The van der Waals surface area contributed by atoms with Gasteiger partial charge in [0.2, 0.25) is 5.97 Å². The van der Waals surface area contributed by atoms with Crippen molar-refractivity contribution in [1.29, 1.82) is 0 Å². The van der Waals surface area contributed by atoms with Gasteiger partial charge < -0.3 is 13.9 Å². The van der Waals surface area contributed by atoms with Crippen molar-refractivity contribution < 1.29 is 48.2 Å². The maximum absolute atomic E-state index is 10.5. The topological polar surface area (TPSA) is 37.3 Å². The molecule has 0 heterocycles. The van der Waals surface area contributed by atoms with Gasteiger partial charge in [-0.2, -0.15) is 0 Å². The van der Waals surface area contributed by atoms with Crippen molar-refractivity contribution in [3.8, 4) is 0 Å². The fourth-order valence-corrected chi connectivity index (χ4v) is 0. The Bertz CT molecular complexity index is 64.7. The van der Waals surface area contributed by atoms with Gasteiger partial charge in [-0.05, 0) is 0 Å². The largest absolute Gasteiger partial charge is 1.00 e. The average Bonchev–Trinajstić information content (AvgIpc) is 1.36. The molecular weight excluding hydrogens is 117 g/mol. The number of carboxylic acids is 1. The third-order valence-corrected chi connectivity index (χ3v) is 0.162. The Hall–Kier alpha value is 0.200. The molecule has 0 aromatic heterocycles. The second-order valence-electron chi connectivity index (χ2n) is 0.566. The summed E-state index contributed by atoms with van der Waals surface area (Å²) in [6, 6.07) is 0. The molecule has 36 valence electrons. The van der Waals surface area contributed by atoms with Crippen LogP contribution in [0.3, 0.4) is 0 Å². The van der Waals surface area contributed by atoms with Crippen molar-refractivity contribution >= 4 is 5.97 Å². The molecule has 0 aromatic carbocycles. The molecule has 0 rings (SSSR count). The molecule has 0 fully saturated rings. The minimum atomic E-state index is -2.57. The van der Waals surface area contributed by atoms with E-state index in [-0.39, 0.29) is 29.6 Å². The maximum Gasteiger partial charge on any atom is 1.00 e. The van der Waals surface area contributed by atoms with Crippen LogP contribution in [0.25, 0.3) is 0 Å². The second kappa shape index (κ2) is 4.36. The van der Waals surface area contributed by atoms with Crippen molar-refractivity contribution in [2.45, 2.75) is 0 Å². The van der Waals surface area contributed by atoms with Gasteiger partial charge in [0, 0.05) is 6.43 Å². The molecule has 0 aromatic rings. The quantitative estimate of drug-likeness (QED) is 0.305. The third kappa shape index (κ3) is 6.20. The summed E-state index contributed by atoms with van der Waals surface area (Å²) in [6.45, 7) is 0. The smallest absolute Gasteiger partial charge is 0.500 e. The van der Waals surface area contributed by atoms with Crippen LogP contribution >= 0.6 is 0 Å². The van der Waals surface area contributed by atoms with Crippen molar-refractivity contribution in [3.05, 3.63) is 6.43 Å². The molecule has 0 radical (unpaired) electrons. The summed E-state index contributed by atoms with van der Waals surface area (Å²) in [4.78, 5) is 8.91. The van der Waals surface area contributed by atoms with Gasteiger partial charge >= 0.3 is 29.6 Å². The Kier molecular flexibility index (Phi) is 6.38. The van der Waals surface area contributed by atoms with Gasteiger partial charge in [-0.25, -0.2) is 0 Å². The van der Waals surface area contributed by atoms with E-state index in [1.807, 2.05) is 0 Å². The Morgan fingerprint density at radius 1 is 1.57 bits per heavy atom. The summed E-state index contributed by atoms with van der Waals surface area (Å²) < 4.78 is 20.9. The minimum absolute atomic E-state index is 0. The Morgan fingerprint density at radius 2 is 1.71 bits per heavy atom. The summed E-state index contributed by atoms with van der Waals surface area (Å²) >= 11 is 0. The summed E-state index contributed by atoms with van der Waals surface area (Å²) in [6.07, 6.45) is -2.57. The second-order valence-corrected chi connectivity index (χ2v) is 0.566. The molecule has 0 amide bonds. The van der Waals surface area contributed by atoms with Gasteiger partial charge in [0.15, 0.2) is 0 Å². The molecule has 0 spiro atoms. The zero-order valence-electron chi connectivity index (χ0n) is 3.61. The molecule has 7 heavy (non-hydrogen) atoms. The molecule has 0 saturated heterocycles. The van der Waals surface area contributed by atoms with Crippen LogP contribution in [0.1, 0.15) is 0 Å².